The van der Waals surface area contributed by atoms with Crippen LogP contribution >= 0.6 is 11.6 Å². The molecule has 0 unspecified atom stereocenters. The maximum absolute atomic E-state index is 12.4. The number of benzene rings is 2. The molecule has 2 heterocycles. The number of halogens is 1. The summed E-state index contributed by atoms with van der Waals surface area (Å²) in [7, 11) is 0. The van der Waals surface area contributed by atoms with Crippen LogP contribution in [0.15, 0.2) is 90.0 Å². The van der Waals surface area contributed by atoms with Gasteiger partial charge in [-0.2, -0.15) is 5.10 Å². The predicted molar refractivity (Wildman–Crippen MR) is 117 cm³/mol. The van der Waals surface area contributed by atoms with E-state index in [1.54, 1.807) is 30.3 Å². The summed E-state index contributed by atoms with van der Waals surface area (Å²) in [5, 5.41) is 7.86. The first-order valence-corrected chi connectivity index (χ1v) is 9.84. The molecule has 0 fully saturated rings. The van der Waals surface area contributed by atoms with Gasteiger partial charge in [0.05, 0.1) is 12.2 Å². The Bertz CT molecular complexity index is 1200. The molecule has 0 radical (unpaired) electrons. The highest BCUT2D eigenvalue weighted by Crippen LogP contribution is 2.18. The molecule has 150 valence electrons. The largest absolute Gasteiger partial charge is 0.350 e. The number of hydrogen-bond acceptors (Lipinski definition) is 3. The van der Waals surface area contributed by atoms with Crippen molar-refractivity contribution in [2.75, 3.05) is 6.54 Å². The molecule has 0 saturated heterocycles. The van der Waals surface area contributed by atoms with Crippen molar-refractivity contribution in [2.24, 2.45) is 0 Å². The molecule has 0 spiro atoms. The van der Waals surface area contributed by atoms with Crippen LogP contribution in [0.3, 0.4) is 0 Å². The Morgan fingerprint density at radius 1 is 0.933 bits per heavy atom. The molecule has 2 aromatic heterocycles. The number of amides is 1. The van der Waals surface area contributed by atoms with Crippen LogP contribution < -0.4 is 10.9 Å². The number of nitrogens with zero attached hydrogens (tertiary/aromatic N) is 3. The molecule has 1 amide bonds. The van der Waals surface area contributed by atoms with Gasteiger partial charge in [-0.1, -0.05) is 23.7 Å². The van der Waals surface area contributed by atoms with E-state index >= 15 is 0 Å². The number of hydrogen-bond donors (Lipinski definition) is 1. The molecular weight excluding hydrogens is 400 g/mol. The summed E-state index contributed by atoms with van der Waals surface area (Å²) in [6.45, 7) is 0.558. The van der Waals surface area contributed by atoms with E-state index in [1.165, 1.54) is 10.7 Å². The first-order chi connectivity index (χ1) is 14.6. The summed E-state index contributed by atoms with van der Waals surface area (Å²) >= 11 is 5.92. The fourth-order valence-corrected chi connectivity index (χ4v) is 3.18. The monoisotopic (exact) mass is 418 g/mol. The zero-order chi connectivity index (χ0) is 20.9. The summed E-state index contributed by atoms with van der Waals surface area (Å²) in [5.74, 6) is -0.198. The molecule has 0 aliphatic rings. The van der Waals surface area contributed by atoms with Crippen LogP contribution in [0.4, 0.5) is 0 Å². The standard InChI is InChI=1S/C23H19ClN4O2/c24-19-7-3-17(4-8-19)21-11-12-22(29)28(26-21)16-13-25-23(30)18-5-9-20(10-6-18)27-14-1-2-15-27/h1-12,14-15H,13,16H2,(H,25,30). The molecular formula is C23H19ClN4O2. The molecule has 2 aromatic carbocycles. The number of carbonyl (C=O) groups is 1. The van der Waals surface area contributed by atoms with Crippen molar-refractivity contribution in [1.29, 1.82) is 0 Å². The molecule has 6 nitrogen and oxygen atoms in total. The minimum Gasteiger partial charge on any atom is -0.350 e. The van der Waals surface area contributed by atoms with Gasteiger partial charge >= 0.3 is 0 Å². The normalized spacial score (nSPS) is 10.7. The summed E-state index contributed by atoms with van der Waals surface area (Å²) < 4.78 is 3.31. The average molecular weight is 419 g/mol. The Balaban J connectivity index is 1.39. The van der Waals surface area contributed by atoms with Crippen molar-refractivity contribution in [3.63, 3.8) is 0 Å². The third kappa shape index (κ3) is 4.50. The van der Waals surface area contributed by atoms with Crippen molar-refractivity contribution in [3.05, 3.63) is 106 Å². The van der Waals surface area contributed by atoms with Crippen molar-refractivity contribution in [2.45, 2.75) is 6.54 Å². The molecule has 1 N–H and O–H groups in total. The number of rotatable bonds is 6. The van der Waals surface area contributed by atoms with Crippen LogP contribution in [0.25, 0.3) is 16.9 Å². The van der Waals surface area contributed by atoms with Crippen molar-refractivity contribution >= 4 is 17.5 Å². The summed E-state index contributed by atoms with van der Waals surface area (Å²) in [6.07, 6.45) is 3.88. The lowest BCUT2D eigenvalue weighted by Crippen LogP contribution is -2.31. The Labute approximate surface area is 178 Å². The zero-order valence-electron chi connectivity index (χ0n) is 16.0. The lowest BCUT2D eigenvalue weighted by Gasteiger charge is -2.09. The Morgan fingerprint density at radius 2 is 1.63 bits per heavy atom. The van der Waals surface area contributed by atoms with Crippen LogP contribution in [-0.2, 0) is 6.54 Å². The maximum atomic E-state index is 12.4. The van der Waals surface area contributed by atoms with E-state index < -0.39 is 0 Å². The molecule has 4 rings (SSSR count). The minimum absolute atomic E-state index is 0.198. The lowest BCUT2D eigenvalue weighted by atomic mass is 10.1. The van der Waals surface area contributed by atoms with E-state index in [9.17, 15) is 9.59 Å². The number of nitrogens with one attached hydrogen (secondary N) is 1. The molecule has 0 aliphatic heterocycles. The smallest absolute Gasteiger partial charge is 0.266 e. The van der Waals surface area contributed by atoms with Crippen LogP contribution in [0.2, 0.25) is 5.02 Å². The molecule has 0 aliphatic carbocycles. The van der Waals surface area contributed by atoms with Gasteiger partial charge in [0.2, 0.25) is 0 Å². The van der Waals surface area contributed by atoms with E-state index in [-0.39, 0.29) is 24.6 Å². The molecule has 30 heavy (non-hydrogen) atoms. The van der Waals surface area contributed by atoms with Gasteiger partial charge in [0.25, 0.3) is 11.5 Å². The molecule has 7 heteroatoms. The van der Waals surface area contributed by atoms with Gasteiger partial charge in [0.1, 0.15) is 0 Å². The second-order valence-corrected chi connectivity index (χ2v) is 7.12. The highest BCUT2D eigenvalue weighted by atomic mass is 35.5. The third-order valence-corrected chi connectivity index (χ3v) is 4.90. The number of carbonyl (C=O) groups excluding carboxylic acids is 1. The van der Waals surface area contributed by atoms with Crippen molar-refractivity contribution in [3.8, 4) is 16.9 Å². The van der Waals surface area contributed by atoms with E-state index in [1.807, 2.05) is 53.4 Å². The lowest BCUT2D eigenvalue weighted by molar-refractivity contribution is 0.0952. The highest BCUT2D eigenvalue weighted by Gasteiger charge is 2.07. The minimum atomic E-state index is -0.224. The number of aromatic nitrogens is 3. The maximum Gasteiger partial charge on any atom is 0.266 e. The van der Waals surface area contributed by atoms with Crippen LogP contribution in [0.1, 0.15) is 10.4 Å². The molecule has 0 bridgehead atoms. The average Bonchev–Trinajstić information content (AvgIpc) is 3.31. The van der Waals surface area contributed by atoms with Gasteiger partial charge in [-0.15, -0.1) is 0 Å². The second-order valence-electron chi connectivity index (χ2n) is 6.68. The Kier molecular flexibility index (Phi) is 5.77. The van der Waals surface area contributed by atoms with Gasteiger partial charge in [-0.05, 0) is 54.6 Å². The fourth-order valence-electron chi connectivity index (χ4n) is 3.05. The molecule has 4 aromatic rings. The first-order valence-electron chi connectivity index (χ1n) is 9.46. The van der Waals surface area contributed by atoms with E-state index in [0.29, 0.717) is 16.3 Å². The van der Waals surface area contributed by atoms with Gasteiger partial charge in [-0.25, -0.2) is 4.68 Å². The van der Waals surface area contributed by atoms with Crippen LogP contribution in [0, 0.1) is 0 Å². The predicted octanol–water partition coefficient (Wildman–Crippen LogP) is 3.78. The van der Waals surface area contributed by atoms with Gasteiger partial charge in [0, 0.05) is 46.8 Å². The highest BCUT2D eigenvalue weighted by molar-refractivity contribution is 6.30. The van der Waals surface area contributed by atoms with Gasteiger partial charge in [-0.3, -0.25) is 9.59 Å². The van der Waals surface area contributed by atoms with Crippen molar-refractivity contribution in [1.82, 2.24) is 19.7 Å². The molecule has 0 saturated carbocycles. The zero-order valence-corrected chi connectivity index (χ0v) is 16.8. The summed E-state index contributed by atoms with van der Waals surface area (Å²) in [6, 6.07) is 21.6. The first kappa shape index (κ1) is 19.7. The second kappa shape index (κ2) is 8.80. The van der Waals surface area contributed by atoms with Crippen LogP contribution in [-0.4, -0.2) is 26.8 Å². The van der Waals surface area contributed by atoms with E-state index in [4.69, 9.17) is 11.6 Å². The van der Waals surface area contributed by atoms with E-state index in [0.717, 1.165) is 11.3 Å². The quantitative estimate of drug-likeness (QED) is 0.518. The van der Waals surface area contributed by atoms with Gasteiger partial charge in [0.15, 0.2) is 0 Å². The topological polar surface area (TPSA) is 68.9 Å². The van der Waals surface area contributed by atoms with Crippen molar-refractivity contribution < 1.29 is 4.79 Å². The van der Waals surface area contributed by atoms with Gasteiger partial charge < -0.3 is 9.88 Å². The molecule has 0 atom stereocenters. The Hall–Kier alpha value is -3.64. The Morgan fingerprint density at radius 3 is 2.33 bits per heavy atom. The summed E-state index contributed by atoms with van der Waals surface area (Å²) in [5.41, 5.74) is 2.84. The summed E-state index contributed by atoms with van der Waals surface area (Å²) in [4.78, 5) is 24.5. The SMILES string of the molecule is O=C(NCCn1nc(-c2ccc(Cl)cc2)ccc1=O)c1ccc(-n2cccc2)cc1. The van der Waals surface area contributed by atoms with Crippen LogP contribution in [0.5, 0.6) is 0 Å². The fraction of sp³-hybridized carbons (Fsp3) is 0.0870. The third-order valence-electron chi connectivity index (χ3n) is 4.65. The van der Waals surface area contributed by atoms with E-state index in [2.05, 4.69) is 10.4 Å².